The molecule has 0 radical (unpaired) electrons. The van der Waals surface area contributed by atoms with Gasteiger partial charge in [0.1, 0.15) is 11.4 Å². The number of carboxylic acid groups (broad SMARTS) is 1. The van der Waals surface area contributed by atoms with Gasteiger partial charge in [-0.15, -0.1) is 0 Å². The zero-order valence-electron chi connectivity index (χ0n) is 15.1. The van der Waals surface area contributed by atoms with Crippen molar-refractivity contribution >= 4 is 12.1 Å². The molecule has 25 heavy (non-hydrogen) atoms. The van der Waals surface area contributed by atoms with Crippen LogP contribution in [0.4, 0.5) is 4.79 Å². The summed E-state index contributed by atoms with van der Waals surface area (Å²) in [7, 11) is 1.60. The van der Waals surface area contributed by atoms with Crippen molar-refractivity contribution in [3.8, 4) is 5.75 Å². The zero-order chi connectivity index (χ0) is 18.7. The van der Waals surface area contributed by atoms with Gasteiger partial charge in [-0.25, -0.2) is 4.79 Å². The van der Waals surface area contributed by atoms with Crippen molar-refractivity contribution in [1.29, 1.82) is 0 Å². The van der Waals surface area contributed by atoms with Gasteiger partial charge < -0.3 is 19.3 Å². The van der Waals surface area contributed by atoms with E-state index in [1.807, 2.05) is 18.2 Å². The molecular weight excluding hydrogens is 326 g/mol. The van der Waals surface area contributed by atoms with Crippen LogP contribution < -0.4 is 4.74 Å². The van der Waals surface area contributed by atoms with E-state index in [1.165, 1.54) is 4.90 Å². The molecule has 1 N–H and O–H groups in total. The molecule has 7 heteroatoms. The predicted molar refractivity (Wildman–Crippen MR) is 90.6 cm³/mol. The van der Waals surface area contributed by atoms with E-state index in [9.17, 15) is 14.7 Å². The highest BCUT2D eigenvalue weighted by Crippen LogP contribution is 2.32. The van der Waals surface area contributed by atoms with Crippen molar-refractivity contribution in [3.05, 3.63) is 29.8 Å². The van der Waals surface area contributed by atoms with Crippen LogP contribution in [0.3, 0.4) is 0 Å². The minimum Gasteiger partial charge on any atom is -0.483 e. The SMILES string of the molecule is COCc1cccc(OC2(CC(=O)O)CN(C(=O)OC(C)(C)C)C2)c1. The third-order valence-electron chi connectivity index (χ3n) is 3.63. The maximum atomic E-state index is 12.1. The van der Waals surface area contributed by atoms with Gasteiger partial charge >= 0.3 is 12.1 Å². The Morgan fingerprint density at radius 1 is 1.28 bits per heavy atom. The summed E-state index contributed by atoms with van der Waals surface area (Å²) in [4.78, 5) is 24.8. The van der Waals surface area contributed by atoms with E-state index >= 15 is 0 Å². The molecule has 0 atom stereocenters. The summed E-state index contributed by atoms with van der Waals surface area (Å²) in [5.74, 6) is -0.420. The maximum absolute atomic E-state index is 12.1. The van der Waals surface area contributed by atoms with Crippen molar-refractivity contribution in [3.63, 3.8) is 0 Å². The first-order valence-electron chi connectivity index (χ1n) is 8.09. The average Bonchev–Trinajstić information content (AvgIpc) is 2.42. The molecule has 2 rings (SSSR count). The molecule has 1 aromatic rings. The fourth-order valence-corrected chi connectivity index (χ4v) is 2.71. The largest absolute Gasteiger partial charge is 0.483 e. The first-order valence-corrected chi connectivity index (χ1v) is 8.09. The fourth-order valence-electron chi connectivity index (χ4n) is 2.71. The Hall–Kier alpha value is -2.28. The average molecular weight is 351 g/mol. The van der Waals surface area contributed by atoms with E-state index < -0.39 is 23.3 Å². The second-order valence-electron chi connectivity index (χ2n) is 7.27. The van der Waals surface area contributed by atoms with Crippen LogP contribution in [-0.2, 0) is 20.9 Å². The molecule has 0 aromatic heterocycles. The number of benzene rings is 1. The third kappa shape index (κ3) is 5.35. The fraction of sp³-hybridized carbons (Fsp3) is 0.556. The van der Waals surface area contributed by atoms with E-state index in [0.29, 0.717) is 12.4 Å². The number of carbonyl (C=O) groups excluding carboxylic acids is 1. The van der Waals surface area contributed by atoms with Gasteiger partial charge in [-0.1, -0.05) is 12.1 Å². The van der Waals surface area contributed by atoms with Crippen LogP contribution in [0.5, 0.6) is 5.75 Å². The van der Waals surface area contributed by atoms with E-state index in [1.54, 1.807) is 33.9 Å². The Kier molecular flexibility index (Phi) is 5.57. The molecule has 1 fully saturated rings. The Morgan fingerprint density at radius 3 is 2.52 bits per heavy atom. The number of nitrogens with zero attached hydrogens (tertiary/aromatic N) is 1. The van der Waals surface area contributed by atoms with Gasteiger partial charge in [0.05, 0.1) is 26.1 Å². The Morgan fingerprint density at radius 2 is 1.96 bits per heavy atom. The molecule has 1 aliphatic heterocycles. The molecule has 1 aliphatic rings. The topological polar surface area (TPSA) is 85.3 Å². The molecule has 1 aromatic carbocycles. The van der Waals surface area contributed by atoms with Crippen LogP contribution in [0.15, 0.2) is 24.3 Å². The zero-order valence-corrected chi connectivity index (χ0v) is 15.1. The molecule has 0 saturated carbocycles. The van der Waals surface area contributed by atoms with Crippen LogP contribution >= 0.6 is 0 Å². The molecule has 0 spiro atoms. The summed E-state index contributed by atoms with van der Waals surface area (Å²) in [5.41, 5.74) is -0.625. The van der Waals surface area contributed by atoms with Crippen molar-refractivity contribution in [2.75, 3.05) is 20.2 Å². The first kappa shape index (κ1) is 19.1. The molecule has 1 amide bonds. The highest BCUT2D eigenvalue weighted by Gasteiger charge is 2.50. The highest BCUT2D eigenvalue weighted by atomic mass is 16.6. The lowest BCUT2D eigenvalue weighted by molar-refractivity contribution is -0.149. The number of aliphatic carboxylic acids is 1. The normalized spacial score (nSPS) is 16.1. The van der Waals surface area contributed by atoms with Crippen LogP contribution in [0.1, 0.15) is 32.8 Å². The highest BCUT2D eigenvalue weighted by molar-refractivity contribution is 5.72. The maximum Gasteiger partial charge on any atom is 0.410 e. The number of rotatable bonds is 6. The minimum absolute atomic E-state index is 0.169. The van der Waals surface area contributed by atoms with Gasteiger partial charge in [-0.3, -0.25) is 9.69 Å². The molecule has 7 nitrogen and oxygen atoms in total. The van der Waals surface area contributed by atoms with Crippen molar-refractivity contribution in [2.45, 2.75) is 45.0 Å². The molecule has 138 valence electrons. The van der Waals surface area contributed by atoms with E-state index in [0.717, 1.165) is 5.56 Å². The lowest BCUT2D eigenvalue weighted by atomic mass is 9.90. The van der Waals surface area contributed by atoms with Crippen LogP contribution in [0, 0.1) is 0 Å². The van der Waals surface area contributed by atoms with E-state index in [2.05, 4.69) is 0 Å². The van der Waals surface area contributed by atoms with Gasteiger partial charge in [0.25, 0.3) is 0 Å². The summed E-state index contributed by atoms with van der Waals surface area (Å²) < 4.78 is 16.4. The van der Waals surface area contributed by atoms with Gasteiger partial charge in [0.2, 0.25) is 0 Å². The number of amides is 1. The lowest BCUT2D eigenvalue weighted by Crippen LogP contribution is -2.67. The number of likely N-dealkylation sites (tertiary alicyclic amines) is 1. The van der Waals surface area contributed by atoms with Crippen LogP contribution in [0.2, 0.25) is 0 Å². The number of hydrogen-bond acceptors (Lipinski definition) is 5. The van der Waals surface area contributed by atoms with Crippen molar-refractivity contribution in [2.24, 2.45) is 0 Å². The van der Waals surface area contributed by atoms with Crippen LogP contribution in [0.25, 0.3) is 0 Å². The third-order valence-corrected chi connectivity index (χ3v) is 3.63. The quantitative estimate of drug-likeness (QED) is 0.848. The summed E-state index contributed by atoms with van der Waals surface area (Å²) in [6.45, 7) is 6.13. The number of methoxy groups -OCH3 is 1. The molecule has 0 unspecified atom stereocenters. The summed E-state index contributed by atoms with van der Waals surface area (Å²) in [6.07, 6.45) is -0.661. The number of ether oxygens (including phenoxy) is 3. The van der Waals surface area contributed by atoms with Crippen molar-refractivity contribution < 1.29 is 28.9 Å². The van der Waals surface area contributed by atoms with E-state index in [4.69, 9.17) is 14.2 Å². The molecule has 1 heterocycles. The summed E-state index contributed by atoms with van der Waals surface area (Å²) in [6, 6.07) is 7.29. The Labute approximate surface area is 147 Å². The van der Waals surface area contributed by atoms with E-state index in [-0.39, 0.29) is 19.5 Å². The molecule has 0 aliphatic carbocycles. The summed E-state index contributed by atoms with van der Waals surface area (Å²) >= 11 is 0. The standard InChI is InChI=1S/C18H25NO6/c1-17(2,3)25-16(22)19-11-18(12-19,9-15(20)21)24-14-7-5-6-13(8-14)10-23-4/h5-8H,9-12H2,1-4H3,(H,20,21). The lowest BCUT2D eigenvalue weighted by Gasteiger charge is -2.48. The van der Waals surface area contributed by atoms with Gasteiger partial charge in [-0.05, 0) is 38.5 Å². The monoisotopic (exact) mass is 351 g/mol. The van der Waals surface area contributed by atoms with Gasteiger partial charge in [0.15, 0.2) is 5.60 Å². The predicted octanol–water partition coefficient (Wildman–Crippen LogP) is 2.68. The van der Waals surface area contributed by atoms with Gasteiger partial charge in [-0.2, -0.15) is 0 Å². The number of carbonyl (C=O) groups is 2. The smallest absolute Gasteiger partial charge is 0.410 e. The number of carboxylic acids is 1. The molecular formula is C18H25NO6. The van der Waals surface area contributed by atoms with Crippen molar-refractivity contribution in [1.82, 2.24) is 4.90 Å². The molecule has 0 bridgehead atoms. The first-order chi connectivity index (χ1) is 11.6. The minimum atomic E-state index is -0.975. The number of hydrogen-bond donors (Lipinski definition) is 1. The Balaban J connectivity index is 2.07. The summed E-state index contributed by atoms with van der Waals surface area (Å²) in [5, 5.41) is 9.21. The second kappa shape index (κ2) is 7.31. The second-order valence-corrected chi connectivity index (χ2v) is 7.27. The molecule has 1 saturated heterocycles. The Bertz CT molecular complexity index is 631. The van der Waals surface area contributed by atoms with Crippen LogP contribution in [-0.4, -0.2) is 53.5 Å². The van der Waals surface area contributed by atoms with Gasteiger partial charge in [0, 0.05) is 7.11 Å².